The minimum Gasteiger partial charge on any atom is -0.480 e. The van der Waals surface area contributed by atoms with E-state index in [1.807, 2.05) is 0 Å². The van der Waals surface area contributed by atoms with Crippen molar-refractivity contribution in [1.82, 2.24) is 16.0 Å². The number of hydrogen-bond acceptors (Lipinski definition) is 6. The van der Waals surface area contributed by atoms with Gasteiger partial charge in [0.05, 0.1) is 0 Å². The molecule has 0 aromatic heterocycles. The first kappa shape index (κ1) is 23.8. The molecule has 0 saturated heterocycles. The van der Waals surface area contributed by atoms with Gasteiger partial charge in [-0.1, -0.05) is 18.2 Å². The van der Waals surface area contributed by atoms with E-state index in [-0.39, 0.29) is 18.6 Å². The molecule has 0 aliphatic carbocycles. The lowest BCUT2D eigenvalue weighted by Crippen LogP contribution is -2.49. The molecule has 29 heavy (non-hydrogen) atoms. The molecule has 0 saturated carbocycles. The van der Waals surface area contributed by atoms with Gasteiger partial charge in [0.1, 0.15) is 18.6 Å². The predicted molar refractivity (Wildman–Crippen MR) is 106 cm³/mol. The first-order valence-corrected chi connectivity index (χ1v) is 9.11. The number of thiol groups is 1. The number of nitrogens with one attached hydrogen (secondary N) is 4. The molecule has 1 aromatic rings. The van der Waals surface area contributed by atoms with Gasteiger partial charge in [-0.3, -0.25) is 14.4 Å². The SMILES string of the molecule is O=C(O)CNC(=O)C(CS)NC(=O)CCC(NC(=O)Nc1ccccc1)C(=O)O. The zero-order chi connectivity index (χ0) is 21.8. The monoisotopic (exact) mass is 426 g/mol. The van der Waals surface area contributed by atoms with Crippen molar-refractivity contribution in [2.75, 3.05) is 17.6 Å². The zero-order valence-electron chi connectivity index (χ0n) is 15.3. The van der Waals surface area contributed by atoms with E-state index in [4.69, 9.17) is 5.11 Å². The van der Waals surface area contributed by atoms with Gasteiger partial charge in [0.15, 0.2) is 0 Å². The van der Waals surface area contributed by atoms with E-state index in [1.165, 1.54) is 0 Å². The third kappa shape index (κ3) is 9.46. The second-order valence-corrected chi connectivity index (χ2v) is 6.17. The molecule has 0 aliphatic rings. The van der Waals surface area contributed by atoms with E-state index >= 15 is 0 Å². The molecule has 0 spiro atoms. The highest BCUT2D eigenvalue weighted by molar-refractivity contribution is 7.80. The molecule has 0 bridgehead atoms. The molecule has 11 nitrogen and oxygen atoms in total. The third-order valence-corrected chi connectivity index (χ3v) is 3.91. The molecule has 12 heteroatoms. The van der Waals surface area contributed by atoms with Crippen LogP contribution in [-0.4, -0.2) is 64.4 Å². The van der Waals surface area contributed by atoms with Crippen LogP contribution in [0.25, 0.3) is 0 Å². The molecule has 2 atom stereocenters. The molecule has 1 rings (SSSR count). The van der Waals surface area contributed by atoms with Crippen molar-refractivity contribution in [2.24, 2.45) is 0 Å². The molecule has 4 amide bonds. The summed E-state index contributed by atoms with van der Waals surface area (Å²) >= 11 is 3.93. The van der Waals surface area contributed by atoms with E-state index in [0.717, 1.165) is 0 Å². The number of rotatable bonds is 11. The smallest absolute Gasteiger partial charge is 0.326 e. The lowest BCUT2D eigenvalue weighted by atomic mass is 10.1. The van der Waals surface area contributed by atoms with Crippen molar-refractivity contribution < 1.29 is 34.2 Å². The number of anilines is 1. The number of aliphatic carboxylic acids is 2. The second kappa shape index (κ2) is 12.2. The summed E-state index contributed by atoms with van der Waals surface area (Å²) in [4.78, 5) is 57.5. The van der Waals surface area contributed by atoms with Crippen molar-refractivity contribution in [2.45, 2.75) is 24.9 Å². The van der Waals surface area contributed by atoms with Crippen LogP contribution in [0.5, 0.6) is 0 Å². The van der Waals surface area contributed by atoms with Crippen LogP contribution in [0.2, 0.25) is 0 Å². The lowest BCUT2D eigenvalue weighted by molar-refractivity contribution is -0.139. The van der Waals surface area contributed by atoms with E-state index < -0.39 is 48.4 Å². The van der Waals surface area contributed by atoms with Gasteiger partial charge < -0.3 is 31.5 Å². The van der Waals surface area contributed by atoms with Crippen molar-refractivity contribution in [3.8, 4) is 0 Å². The van der Waals surface area contributed by atoms with Crippen LogP contribution in [0.15, 0.2) is 30.3 Å². The molecule has 1 aromatic carbocycles. The number of hydrogen-bond donors (Lipinski definition) is 7. The summed E-state index contributed by atoms with van der Waals surface area (Å²) < 4.78 is 0. The maximum atomic E-state index is 12.0. The van der Waals surface area contributed by atoms with E-state index in [2.05, 4.69) is 33.9 Å². The Balaban J connectivity index is 2.51. The molecular weight excluding hydrogens is 404 g/mol. The predicted octanol–water partition coefficient (Wildman–Crippen LogP) is -0.343. The topological polar surface area (TPSA) is 174 Å². The standard InChI is InChI=1S/C17H22N4O7S/c22-13(20-12(9-29)15(25)18-8-14(23)24)7-6-11(16(26)27)21-17(28)19-10-4-2-1-3-5-10/h1-5,11-12,29H,6-9H2,(H,18,25)(H,20,22)(H,23,24)(H,26,27)(H2,19,21,28). The Morgan fingerprint density at radius 3 is 2.17 bits per heavy atom. The molecular formula is C17H22N4O7S. The summed E-state index contributed by atoms with van der Waals surface area (Å²) in [7, 11) is 0. The van der Waals surface area contributed by atoms with Crippen LogP contribution >= 0.6 is 12.6 Å². The Bertz CT molecular complexity index is 745. The maximum absolute atomic E-state index is 12.0. The summed E-state index contributed by atoms with van der Waals surface area (Å²) in [6.45, 7) is -0.611. The minimum atomic E-state index is -1.33. The van der Waals surface area contributed by atoms with Crippen molar-refractivity contribution in [3.05, 3.63) is 30.3 Å². The fraction of sp³-hybridized carbons (Fsp3) is 0.353. The summed E-state index contributed by atoms with van der Waals surface area (Å²) in [5, 5.41) is 26.9. The first-order valence-electron chi connectivity index (χ1n) is 8.48. The number of carbonyl (C=O) groups excluding carboxylic acids is 3. The van der Waals surface area contributed by atoms with Gasteiger partial charge in [0, 0.05) is 17.9 Å². The highest BCUT2D eigenvalue weighted by Gasteiger charge is 2.23. The van der Waals surface area contributed by atoms with E-state index in [1.54, 1.807) is 30.3 Å². The number of benzene rings is 1. The van der Waals surface area contributed by atoms with Gasteiger partial charge in [-0.05, 0) is 18.6 Å². The van der Waals surface area contributed by atoms with Crippen LogP contribution in [0.3, 0.4) is 0 Å². The zero-order valence-corrected chi connectivity index (χ0v) is 16.1. The van der Waals surface area contributed by atoms with Crippen molar-refractivity contribution in [3.63, 3.8) is 0 Å². The van der Waals surface area contributed by atoms with Gasteiger partial charge in [0.2, 0.25) is 11.8 Å². The summed E-state index contributed by atoms with van der Waals surface area (Å²) in [5.41, 5.74) is 0.468. The average molecular weight is 426 g/mol. The Kier molecular flexibility index (Phi) is 10.0. The van der Waals surface area contributed by atoms with Gasteiger partial charge in [0.25, 0.3) is 0 Å². The number of carboxylic acids is 2. The van der Waals surface area contributed by atoms with Gasteiger partial charge in [-0.15, -0.1) is 0 Å². The normalized spacial score (nSPS) is 12.2. The number of para-hydroxylation sites is 1. The molecule has 0 fully saturated rings. The molecule has 158 valence electrons. The average Bonchev–Trinajstić information content (AvgIpc) is 2.67. The Hall–Kier alpha value is -3.28. The molecule has 6 N–H and O–H groups in total. The Morgan fingerprint density at radius 1 is 0.966 bits per heavy atom. The fourth-order valence-electron chi connectivity index (χ4n) is 2.13. The second-order valence-electron chi connectivity index (χ2n) is 5.81. The molecule has 0 aliphatic heterocycles. The van der Waals surface area contributed by atoms with Crippen LogP contribution < -0.4 is 21.3 Å². The highest BCUT2D eigenvalue weighted by atomic mass is 32.1. The van der Waals surface area contributed by atoms with Crippen molar-refractivity contribution in [1.29, 1.82) is 0 Å². The van der Waals surface area contributed by atoms with Crippen LogP contribution in [-0.2, 0) is 19.2 Å². The minimum absolute atomic E-state index is 0.0860. The van der Waals surface area contributed by atoms with E-state index in [0.29, 0.717) is 5.69 Å². The number of carbonyl (C=O) groups is 5. The highest BCUT2D eigenvalue weighted by Crippen LogP contribution is 2.05. The molecule has 0 radical (unpaired) electrons. The maximum Gasteiger partial charge on any atom is 0.326 e. The third-order valence-electron chi connectivity index (χ3n) is 3.54. The van der Waals surface area contributed by atoms with Crippen LogP contribution in [0.4, 0.5) is 10.5 Å². The van der Waals surface area contributed by atoms with Gasteiger partial charge >= 0.3 is 18.0 Å². The number of amides is 4. The van der Waals surface area contributed by atoms with Crippen LogP contribution in [0.1, 0.15) is 12.8 Å². The van der Waals surface area contributed by atoms with E-state index in [9.17, 15) is 29.1 Å². The molecule has 2 unspecified atom stereocenters. The summed E-state index contributed by atoms with van der Waals surface area (Å²) in [6.07, 6.45) is -0.515. The first-order chi connectivity index (χ1) is 13.7. The van der Waals surface area contributed by atoms with Gasteiger partial charge in [-0.25, -0.2) is 9.59 Å². The Labute approximate surface area is 171 Å². The fourth-order valence-corrected chi connectivity index (χ4v) is 2.38. The molecule has 0 heterocycles. The Morgan fingerprint density at radius 2 is 1.62 bits per heavy atom. The largest absolute Gasteiger partial charge is 0.480 e. The van der Waals surface area contributed by atoms with Gasteiger partial charge in [-0.2, -0.15) is 12.6 Å². The van der Waals surface area contributed by atoms with Crippen molar-refractivity contribution >= 4 is 48.1 Å². The number of carboxylic acid groups (broad SMARTS) is 2. The number of urea groups is 1. The van der Waals surface area contributed by atoms with Crippen LogP contribution in [0, 0.1) is 0 Å². The quantitative estimate of drug-likeness (QED) is 0.237. The lowest BCUT2D eigenvalue weighted by Gasteiger charge is -2.18. The summed E-state index contributed by atoms with van der Waals surface area (Å²) in [5.74, 6) is -4.04. The summed E-state index contributed by atoms with van der Waals surface area (Å²) in [6, 6.07) is 5.22.